The first-order valence-corrected chi connectivity index (χ1v) is 20.8. The molecule has 2 aromatic heterocycles. The van der Waals surface area contributed by atoms with Gasteiger partial charge in [0.1, 0.15) is 11.2 Å². The van der Waals surface area contributed by atoms with Crippen LogP contribution in [0, 0.1) is 0 Å². The molecule has 0 fully saturated rings. The molecule has 0 aliphatic carbocycles. The molecule has 12 rings (SSSR count). The molecule has 0 spiro atoms. The Labute approximate surface area is 357 Å². The molecule has 2 heterocycles. The fourth-order valence-electron chi connectivity index (χ4n) is 8.98. The predicted molar refractivity (Wildman–Crippen MR) is 256 cm³/mol. The summed E-state index contributed by atoms with van der Waals surface area (Å²) in [5.74, 6) is 1.76. The summed E-state index contributed by atoms with van der Waals surface area (Å²) in [5, 5.41) is 8.81. The lowest BCUT2D eigenvalue weighted by Crippen LogP contribution is -2.11. The van der Waals surface area contributed by atoms with Crippen molar-refractivity contribution in [1.82, 2.24) is 15.0 Å². The highest BCUT2D eigenvalue weighted by atomic mass is 16.3. The van der Waals surface area contributed by atoms with E-state index in [4.69, 9.17) is 19.4 Å². The zero-order chi connectivity index (χ0) is 41.0. The van der Waals surface area contributed by atoms with Crippen LogP contribution in [-0.4, -0.2) is 15.0 Å². The summed E-state index contributed by atoms with van der Waals surface area (Å²) in [7, 11) is 0. The average Bonchev–Trinajstić information content (AvgIpc) is 3.73. The lowest BCUT2D eigenvalue weighted by molar-refractivity contribution is 0.669. The zero-order valence-corrected chi connectivity index (χ0v) is 33.5. The number of anilines is 3. The number of fused-ring (bicyclic) bond motifs is 7. The Hall–Kier alpha value is -8.41. The number of rotatable bonds is 7. The Balaban J connectivity index is 1.16. The molecule has 0 N–H and O–H groups in total. The van der Waals surface area contributed by atoms with Crippen LogP contribution >= 0.6 is 0 Å². The summed E-state index contributed by atoms with van der Waals surface area (Å²) in [6.45, 7) is 0. The first kappa shape index (κ1) is 35.5. The topological polar surface area (TPSA) is 55.1 Å². The molecular formula is C57H36N4O. The van der Waals surface area contributed by atoms with Gasteiger partial charge in [-0.2, -0.15) is 0 Å². The normalized spacial score (nSPS) is 11.5. The molecule has 10 aromatic carbocycles. The van der Waals surface area contributed by atoms with Gasteiger partial charge in [0.2, 0.25) is 0 Å². The number of benzene rings is 10. The van der Waals surface area contributed by atoms with Crippen LogP contribution in [0.1, 0.15) is 0 Å². The van der Waals surface area contributed by atoms with Crippen LogP contribution in [0.25, 0.3) is 99.5 Å². The highest BCUT2D eigenvalue weighted by molar-refractivity contribution is 6.16. The van der Waals surface area contributed by atoms with Gasteiger partial charge in [0.05, 0.1) is 11.4 Å². The summed E-state index contributed by atoms with van der Waals surface area (Å²) < 4.78 is 6.80. The number of hydrogen-bond donors (Lipinski definition) is 0. The predicted octanol–water partition coefficient (Wildman–Crippen LogP) is 15.4. The molecule has 0 atom stereocenters. The maximum absolute atomic E-state index is 6.80. The van der Waals surface area contributed by atoms with E-state index >= 15 is 0 Å². The van der Waals surface area contributed by atoms with E-state index in [1.54, 1.807) is 0 Å². The smallest absolute Gasteiger partial charge is 0.164 e. The third kappa shape index (κ3) is 6.06. The zero-order valence-electron chi connectivity index (χ0n) is 33.5. The van der Waals surface area contributed by atoms with Crippen molar-refractivity contribution >= 4 is 71.3 Å². The molecule has 0 aliphatic heterocycles. The van der Waals surface area contributed by atoms with Crippen molar-refractivity contribution < 1.29 is 4.42 Å². The van der Waals surface area contributed by atoms with Gasteiger partial charge in [0.15, 0.2) is 17.5 Å². The minimum absolute atomic E-state index is 0.558. The molecule has 0 saturated carbocycles. The van der Waals surface area contributed by atoms with Gasteiger partial charge in [0.25, 0.3) is 0 Å². The molecule has 0 bridgehead atoms. The maximum atomic E-state index is 6.80. The first-order chi connectivity index (χ1) is 30.7. The molecule has 290 valence electrons. The number of furan rings is 1. The largest absolute Gasteiger partial charge is 0.456 e. The number of para-hydroxylation sites is 1. The van der Waals surface area contributed by atoms with E-state index in [9.17, 15) is 0 Å². The third-order valence-electron chi connectivity index (χ3n) is 11.9. The van der Waals surface area contributed by atoms with E-state index in [2.05, 4.69) is 193 Å². The summed E-state index contributed by atoms with van der Waals surface area (Å²) >= 11 is 0. The van der Waals surface area contributed by atoms with Gasteiger partial charge in [-0.05, 0) is 68.4 Å². The van der Waals surface area contributed by atoms with Gasteiger partial charge in [0, 0.05) is 44.6 Å². The number of hydrogen-bond acceptors (Lipinski definition) is 5. The van der Waals surface area contributed by atoms with E-state index in [-0.39, 0.29) is 0 Å². The Kier molecular flexibility index (Phi) is 8.42. The minimum Gasteiger partial charge on any atom is -0.456 e. The van der Waals surface area contributed by atoms with E-state index in [0.29, 0.717) is 17.5 Å². The van der Waals surface area contributed by atoms with Crippen molar-refractivity contribution in [2.45, 2.75) is 0 Å². The summed E-state index contributed by atoms with van der Waals surface area (Å²) in [6.07, 6.45) is 0. The summed E-state index contributed by atoms with van der Waals surface area (Å²) in [4.78, 5) is 18.2. The second-order valence-corrected chi connectivity index (χ2v) is 15.6. The Bertz CT molecular complexity index is 3630. The highest BCUT2D eigenvalue weighted by Crippen LogP contribution is 2.46. The molecule has 0 saturated heterocycles. The lowest BCUT2D eigenvalue weighted by Gasteiger charge is -2.28. The van der Waals surface area contributed by atoms with E-state index in [1.807, 2.05) is 30.3 Å². The van der Waals surface area contributed by atoms with Crippen LogP contribution in [0.5, 0.6) is 0 Å². The summed E-state index contributed by atoms with van der Waals surface area (Å²) in [6, 6.07) is 76.4. The van der Waals surface area contributed by atoms with Crippen LogP contribution in [0.4, 0.5) is 17.1 Å². The standard InChI is InChI=1S/C57H36N4O/c1-3-16-37(17-4-1)38-30-32-42(33-31-38)61(51-34-41-21-8-10-24-45(41)46-25-11-12-26-47(46)51)43-35-50(54-49-27-13-14-29-52(49)62-53(54)36-43)57-59-55(40-19-5-2-6-20-40)58-56(60-57)48-28-15-22-39-18-7-9-23-44(39)48/h1-36H. The van der Waals surface area contributed by atoms with Gasteiger partial charge in [-0.25, -0.2) is 15.0 Å². The Morgan fingerprint density at radius 1 is 0.323 bits per heavy atom. The van der Waals surface area contributed by atoms with Crippen molar-refractivity contribution in [1.29, 1.82) is 0 Å². The second kappa shape index (κ2) is 14.7. The average molecular weight is 793 g/mol. The molecule has 0 amide bonds. The fourth-order valence-corrected chi connectivity index (χ4v) is 8.98. The van der Waals surface area contributed by atoms with Crippen molar-refractivity contribution in [3.63, 3.8) is 0 Å². The summed E-state index contributed by atoms with van der Waals surface area (Å²) in [5.41, 5.74) is 9.50. The highest BCUT2D eigenvalue weighted by Gasteiger charge is 2.24. The van der Waals surface area contributed by atoms with E-state index < -0.39 is 0 Å². The van der Waals surface area contributed by atoms with Crippen LogP contribution < -0.4 is 4.90 Å². The molecule has 5 heteroatoms. The quantitative estimate of drug-likeness (QED) is 0.150. The van der Waals surface area contributed by atoms with Crippen molar-refractivity contribution in [3.05, 3.63) is 218 Å². The maximum Gasteiger partial charge on any atom is 0.164 e. The fraction of sp³-hybridized carbons (Fsp3) is 0. The number of aromatic nitrogens is 3. The second-order valence-electron chi connectivity index (χ2n) is 15.6. The molecular weight excluding hydrogens is 757 g/mol. The van der Waals surface area contributed by atoms with Gasteiger partial charge >= 0.3 is 0 Å². The van der Waals surface area contributed by atoms with Crippen LogP contribution in [0.3, 0.4) is 0 Å². The minimum atomic E-state index is 0.558. The van der Waals surface area contributed by atoms with Gasteiger partial charge in [-0.3, -0.25) is 0 Å². The van der Waals surface area contributed by atoms with Crippen molar-refractivity contribution in [2.24, 2.45) is 0 Å². The molecule has 12 aromatic rings. The Morgan fingerprint density at radius 2 is 0.887 bits per heavy atom. The van der Waals surface area contributed by atoms with E-state index in [0.717, 1.165) is 82.8 Å². The van der Waals surface area contributed by atoms with Gasteiger partial charge in [-0.1, -0.05) is 182 Å². The van der Waals surface area contributed by atoms with Gasteiger partial charge in [-0.15, -0.1) is 0 Å². The lowest BCUT2D eigenvalue weighted by atomic mass is 9.98. The van der Waals surface area contributed by atoms with E-state index in [1.165, 1.54) is 16.3 Å². The molecule has 0 aliphatic rings. The molecule has 0 radical (unpaired) electrons. The molecule has 0 unspecified atom stereocenters. The molecule has 5 nitrogen and oxygen atoms in total. The van der Waals surface area contributed by atoms with Crippen molar-refractivity contribution in [2.75, 3.05) is 4.90 Å². The van der Waals surface area contributed by atoms with Crippen molar-refractivity contribution in [3.8, 4) is 45.3 Å². The van der Waals surface area contributed by atoms with Crippen LogP contribution in [0.2, 0.25) is 0 Å². The first-order valence-electron chi connectivity index (χ1n) is 20.8. The number of nitrogens with zero attached hydrogens (tertiary/aromatic N) is 4. The van der Waals surface area contributed by atoms with Crippen LogP contribution in [-0.2, 0) is 0 Å². The SMILES string of the molecule is c1ccc(-c2ccc(N(c3cc(-c4nc(-c5ccccc5)nc(-c5cccc6ccccc56)n4)c4c(c3)oc3ccccc34)c3cc4ccccc4c4ccccc34)cc2)cc1. The van der Waals surface area contributed by atoms with Gasteiger partial charge < -0.3 is 9.32 Å². The van der Waals surface area contributed by atoms with Crippen LogP contribution in [0.15, 0.2) is 223 Å². The molecule has 62 heavy (non-hydrogen) atoms. The monoisotopic (exact) mass is 792 g/mol. The third-order valence-corrected chi connectivity index (χ3v) is 11.9. The Morgan fingerprint density at radius 3 is 1.66 bits per heavy atom.